The summed E-state index contributed by atoms with van der Waals surface area (Å²) < 4.78 is 6.84. The molecule has 0 amide bonds. The van der Waals surface area contributed by atoms with Crippen molar-refractivity contribution >= 4 is 5.82 Å². The summed E-state index contributed by atoms with van der Waals surface area (Å²) in [7, 11) is 0. The van der Waals surface area contributed by atoms with E-state index in [-0.39, 0.29) is 5.56 Å². The number of H-pyrrole nitrogens is 1. The molecular weight excluding hydrogens is 284 g/mol. The summed E-state index contributed by atoms with van der Waals surface area (Å²) in [5.41, 5.74) is -0.0648. The average molecular weight is 305 g/mol. The molecule has 0 bridgehead atoms. The number of hydrogen-bond acceptors (Lipinski definition) is 4. The van der Waals surface area contributed by atoms with Gasteiger partial charge in [0.2, 0.25) is 0 Å². The third kappa shape index (κ3) is 2.85. The molecule has 2 aromatic rings. The lowest BCUT2D eigenvalue weighted by Crippen LogP contribution is -3.12. The van der Waals surface area contributed by atoms with Gasteiger partial charge in [0.15, 0.2) is 6.67 Å². The number of aromatic nitrogens is 2. The van der Waals surface area contributed by atoms with Gasteiger partial charge in [-0.2, -0.15) is 0 Å². The largest absolute Gasteiger partial charge is 0.467 e. The molecule has 3 heterocycles. The second-order valence-electron chi connectivity index (χ2n) is 5.64. The molecule has 1 atom stereocenters. The van der Waals surface area contributed by atoms with Crippen LogP contribution in [0.1, 0.15) is 31.1 Å². The van der Waals surface area contributed by atoms with Crippen molar-refractivity contribution in [3.05, 3.63) is 50.6 Å². The Morgan fingerprint density at radius 1 is 1.41 bits per heavy atom. The van der Waals surface area contributed by atoms with Crippen LogP contribution in [0.3, 0.4) is 0 Å². The highest BCUT2D eigenvalue weighted by molar-refractivity contribution is 5.44. The van der Waals surface area contributed by atoms with Crippen LogP contribution in [0.5, 0.6) is 0 Å². The van der Waals surface area contributed by atoms with Gasteiger partial charge < -0.3 is 14.6 Å². The Bertz CT molecular complexity index is 745. The van der Waals surface area contributed by atoms with E-state index in [1.54, 1.807) is 12.3 Å². The van der Waals surface area contributed by atoms with Gasteiger partial charge in [-0.3, -0.25) is 14.3 Å². The SMILES string of the molecule is CCCC[NH+]1CNc2c(c(=O)[nH]c(=O)n2Cc2ccco2)C1. The first-order valence-electron chi connectivity index (χ1n) is 7.65. The number of rotatable bonds is 5. The summed E-state index contributed by atoms with van der Waals surface area (Å²) in [5.74, 6) is 1.30. The maximum atomic E-state index is 12.1. The van der Waals surface area contributed by atoms with E-state index >= 15 is 0 Å². The number of nitrogens with zero attached hydrogens (tertiary/aromatic N) is 1. The van der Waals surface area contributed by atoms with Crippen molar-refractivity contribution in [2.24, 2.45) is 0 Å². The molecule has 7 heteroatoms. The van der Waals surface area contributed by atoms with E-state index in [1.807, 2.05) is 6.07 Å². The van der Waals surface area contributed by atoms with Crippen molar-refractivity contribution < 1.29 is 9.32 Å². The molecule has 7 nitrogen and oxygen atoms in total. The zero-order valence-corrected chi connectivity index (χ0v) is 12.6. The smallest absolute Gasteiger partial charge is 0.330 e. The molecule has 0 saturated heterocycles. The number of anilines is 1. The highest BCUT2D eigenvalue weighted by Gasteiger charge is 2.25. The highest BCUT2D eigenvalue weighted by Crippen LogP contribution is 2.12. The Kier molecular flexibility index (Phi) is 4.15. The maximum Gasteiger partial charge on any atom is 0.330 e. The summed E-state index contributed by atoms with van der Waals surface area (Å²) in [6.07, 6.45) is 3.82. The fraction of sp³-hybridized carbons (Fsp3) is 0.467. The lowest BCUT2D eigenvalue weighted by atomic mass is 10.2. The van der Waals surface area contributed by atoms with Crippen molar-refractivity contribution in [1.82, 2.24) is 9.55 Å². The predicted molar refractivity (Wildman–Crippen MR) is 82.1 cm³/mol. The van der Waals surface area contributed by atoms with Crippen molar-refractivity contribution in [2.75, 3.05) is 18.5 Å². The molecule has 0 aliphatic carbocycles. The topological polar surface area (TPSA) is 84.5 Å². The van der Waals surface area contributed by atoms with Gasteiger partial charge >= 0.3 is 5.69 Å². The molecular formula is C15H21N4O3+. The lowest BCUT2D eigenvalue weighted by molar-refractivity contribution is -0.912. The summed E-state index contributed by atoms with van der Waals surface area (Å²) in [6, 6.07) is 3.59. The Morgan fingerprint density at radius 2 is 2.27 bits per heavy atom. The molecule has 1 aliphatic heterocycles. The number of fused-ring (bicyclic) bond motifs is 1. The van der Waals surface area contributed by atoms with Crippen LogP contribution in [0.4, 0.5) is 5.82 Å². The van der Waals surface area contributed by atoms with Gasteiger partial charge in [-0.15, -0.1) is 0 Å². The minimum Gasteiger partial charge on any atom is -0.467 e. The van der Waals surface area contributed by atoms with E-state index in [0.29, 0.717) is 36.9 Å². The fourth-order valence-electron chi connectivity index (χ4n) is 2.81. The number of quaternary nitrogens is 1. The fourth-order valence-corrected chi connectivity index (χ4v) is 2.81. The zero-order chi connectivity index (χ0) is 15.5. The van der Waals surface area contributed by atoms with Gasteiger partial charge in [0.25, 0.3) is 5.56 Å². The van der Waals surface area contributed by atoms with Crippen LogP contribution < -0.4 is 21.5 Å². The van der Waals surface area contributed by atoms with E-state index < -0.39 is 5.69 Å². The number of furan rings is 1. The summed E-state index contributed by atoms with van der Waals surface area (Å²) in [6.45, 7) is 4.82. The summed E-state index contributed by atoms with van der Waals surface area (Å²) in [5, 5.41) is 3.25. The van der Waals surface area contributed by atoms with Crippen LogP contribution in [-0.4, -0.2) is 22.8 Å². The molecule has 3 N–H and O–H groups in total. The first kappa shape index (κ1) is 14.6. The quantitative estimate of drug-likeness (QED) is 0.711. The van der Waals surface area contributed by atoms with E-state index in [2.05, 4.69) is 17.2 Å². The van der Waals surface area contributed by atoms with Crippen molar-refractivity contribution in [2.45, 2.75) is 32.9 Å². The Hall–Kier alpha value is -2.28. The monoisotopic (exact) mass is 305 g/mol. The molecule has 3 rings (SSSR count). The Labute approximate surface area is 127 Å². The molecule has 0 radical (unpaired) electrons. The summed E-state index contributed by atoms with van der Waals surface area (Å²) in [4.78, 5) is 27.9. The van der Waals surface area contributed by atoms with Gasteiger partial charge in [0.05, 0.1) is 19.4 Å². The van der Waals surface area contributed by atoms with Crippen LogP contribution in [0.2, 0.25) is 0 Å². The number of aromatic amines is 1. The van der Waals surface area contributed by atoms with Gasteiger partial charge in [0, 0.05) is 0 Å². The number of unbranched alkanes of at least 4 members (excludes halogenated alkanes) is 1. The normalized spacial score (nSPS) is 17.0. The van der Waals surface area contributed by atoms with E-state index in [1.165, 1.54) is 9.47 Å². The maximum absolute atomic E-state index is 12.1. The Balaban J connectivity index is 1.93. The van der Waals surface area contributed by atoms with E-state index in [0.717, 1.165) is 19.4 Å². The molecule has 0 fully saturated rings. The molecule has 1 aliphatic rings. The summed E-state index contributed by atoms with van der Waals surface area (Å²) >= 11 is 0. The Morgan fingerprint density at radius 3 is 3.00 bits per heavy atom. The average Bonchev–Trinajstić information content (AvgIpc) is 3.02. The molecule has 0 saturated carbocycles. The molecule has 1 unspecified atom stereocenters. The third-order valence-electron chi connectivity index (χ3n) is 4.01. The first-order chi connectivity index (χ1) is 10.7. The van der Waals surface area contributed by atoms with Gasteiger partial charge in [-0.05, 0) is 18.6 Å². The molecule has 0 spiro atoms. The van der Waals surface area contributed by atoms with Crippen molar-refractivity contribution in [1.29, 1.82) is 0 Å². The molecule has 2 aromatic heterocycles. The standard InChI is InChI=1S/C15H20N4O3/c1-2-3-6-18-9-12-13(16-10-18)19(15(21)17-14(12)20)8-11-5-4-7-22-11/h4-5,7,16H,2-3,6,8-10H2,1H3,(H,17,20,21)/p+1. The minimum absolute atomic E-state index is 0.295. The first-order valence-corrected chi connectivity index (χ1v) is 7.65. The minimum atomic E-state index is -0.412. The van der Waals surface area contributed by atoms with Gasteiger partial charge in [0.1, 0.15) is 23.7 Å². The van der Waals surface area contributed by atoms with Crippen LogP contribution in [0, 0.1) is 0 Å². The molecule has 22 heavy (non-hydrogen) atoms. The third-order valence-corrected chi connectivity index (χ3v) is 4.01. The molecule has 118 valence electrons. The second kappa shape index (κ2) is 6.23. The van der Waals surface area contributed by atoms with Crippen molar-refractivity contribution in [3.8, 4) is 0 Å². The van der Waals surface area contributed by atoms with E-state index in [4.69, 9.17) is 4.42 Å². The number of hydrogen-bond donors (Lipinski definition) is 3. The lowest BCUT2D eigenvalue weighted by Gasteiger charge is -2.27. The van der Waals surface area contributed by atoms with Crippen LogP contribution in [-0.2, 0) is 13.1 Å². The van der Waals surface area contributed by atoms with E-state index in [9.17, 15) is 9.59 Å². The predicted octanol–water partition coefficient (Wildman–Crippen LogP) is -0.254. The van der Waals surface area contributed by atoms with Crippen LogP contribution >= 0.6 is 0 Å². The van der Waals surface area contributed by atoms with Gasteiger partial charge in [-0.25, -0.2) is 4.79 Å². The van der Waals surface area contributed by atoms with Crippen molar-refractivity contribution in [3.63, 3.8) is 0 Å². The van der Waals surface area contributed by atoms with Crippen LogP contribution in [0.15, 0.2) is 32.4 Å². The highest BCUT2D eigenvalue weighted by atomic mass is 16.3. The number of nitrogens with one attached hydrogen (secondary N) is 3. The zero-order valence-electron chi connectivity index (χ0n) is 12.6. The van der Waals surface area contributed by atoms with Gasteiger partial charge in [-0.1, -0.05) is 13.3 Å². The molecule has 0 aromatic carbocycles. The second-order valence-corrected chi connectivity index (χ2v) is 5.64. The van der Waals surface area contributed by atoms with Crippen LogP contribution in [0.25, 0.3) is 0 Å².